The molecule has 2 aliphatic heterocycles. The van der Waals surface area contributed by atoms with Gasteiger partial charge in [0.1, 0.15) is 5.75 Å². The molecule has 188 valence electrons. The molecule has 5 nitrogen and oxygen atoms in total. The lowest BCUT2D eigenvalue weighted by Crippen LogP contribution is -2.70. The first-order valence-corrected chi connectivity index (χ1v) is 14.2. The summed E-state index contributed by atoms with van der Waals surface area (Å²) in [7, 11) is 1.78. The van der Waals surface area contributed by atoms with Crippen LogP contribution in [-0.4, -0.2) is 60.3 Å². The molecule has 0 radical (unpaired) electrons. The molecule has 5 aliphatic carbocycles. The van der Waals surface area contributed by atoms with Crippen LogP contribution in [0.4, 0.5) is 0 Å². The van der Waals surface area contributed by atoms with E-state index in [-0.39, 0.29) is 29.6 Å². The fourth-order valence-corrected chi connectivity index (χ4v) is 10.2. The van der Waals surface area contributed by atoms with Crippen molar-refractivity contribution in [2.45, 2.75) is 68.9 Å². The van der Waals surface area contributed by atoms with Gasteiger partial charge in [0.05, 0.1) is 7.11 Å². The molecule has 0 aromatic heterocycles. The average Bonchev–Trinajstić information content (AvgIpc) is 3.58. The lowest BCUT2D eigenvalue weighted by Gasteiger charge is -2.66. The lowest BCUT2D eigenvalue weighted by molar-refractivity contribution is -0.136. The van der Waals surface area contributed by atoms with Gasteiger partial charge in [0.2, 0.25) is 0 Å². The van der Waals surface area contributed by atoms with E-state index in [9.17, 15) is 9.59 Å². The number of piperidine rings is 1. The molecule has 1 aromatic rings. The lowest BCUT2D eigenvalue weighted by atomic mass is 9.43. The van der Waals surface area contributed by atoms with Gasteiger partial charge in [-0.3, -0.25) is 14.5 Å². The summed E-state index contributed by atoms with van der Waals surface area (Å²) in [5.74, 6) is 3.11. The van der Waals surface area contributed by atoms with Crippen LogP contribution in [0.3, 0.4) is 0 Å². The monoisotopic (exact) mass is 484 g/mol. The average molecular weight is 485 g/mol. The van der Waals surface area contributed by atoms with Gasteiger partial charge in [-0.25, -0.2) is 0 Å². The minimum Gasteiger partial charge on any atom is -0.497 e. The number of rotatable bonds is 4. The van der Waals surface area contributed by atoms with Crippen LogP contribution < -0.4 is 4.74 Å². The second kappa shape index (κ2) is 7.34. The molecule has 0 spiro atoms. The van der Waals surface area contributed by atoms with Gasteiger partial charge in [0.15, 0.2) is 5.78 Å². The van der Waals surface area contributed by atoms with Crippen molar-refractivity contribution in [3.8, 4) is 5.75 Å². The van der Waals surface area contributed by atoms with Crippen molar-refractivity contribution in [3.05, 3.63) is 53.1 Å². The summed E-state index contributed by atoms with van der Waals surface area (Å²) in [6.45, 7) is 3.34. The summed E-state index contributed by atoms with van der Waals surface area (Å²) in [5.41, 5.74) is 4.21. The SMILES string of the molecule is COc1ccc2c(c1)C13CCN(CC4CC4)C(C2)C12CCC1C3[C@@H](CN1C(=O)C1=CC=CC(=O)C1)C2. The van der Waals surface area contributed by atoms with E-state index in [2.05, 4.69) is 28.0 Å². The van der Waals surface area contributed by atoms with Gasteiger partial charge in [0.25, 0.3) is 5.91 Å². The Kier molecular flexibility index (Phi) is 4.42. The van der Waals surface area contributed by atoms with Crippen molar-refractivity contribution in [2.75, 3.05) is 26.7 Å². The summed E-state index contributed by atoms with van der Waals surface area (Å²) in [4.78, 5) is 30.9. The number of hydrogen-bond acceptors (Lipinski definition) is 4. The first-order valence-electron chi connectivity index (χ1n) is 14.2. The molecule has 5 fully saturated rings. The quantitative estimate of drug-likeness (QED) is 0.647. The number of carbonyl (C=O) groups excluding carboxylic acids is 2. The fourth-order valence-electron chi connectivity index (χ4n) is 10.2. The highest BCUT2D eigenvalue weighted by Gasteiger charge is 2.76. The van der Waals surface area contributed by atoms with Crippen LogP contribution in [0.2, 0.25) is 0 Å². The number of methoxy groups -OCH3 is 1. The molecule has 2 heterocycles. The van der Waals surface area contributed by atoms with Gasteiger partial charge in [0, 0.05) is 42.6 Å². The molecule has 3 saturated carbocycles. The zero-order valence-corrected chi connectivity index (χ0v) is 21.2. The Labute approximate surface area is 213 Å². The van der Waals surface area contributed by atoms with Crippen molar-refractivity contribution in [2.24, 2.45) is 23.2 Å². The minimum atomic E-state index is 0.0423. The maximum absolute atomic E-state index is 13.8. The highest BCUT2D eigenvalue weighted by Crippen LogP contribution is 2.75. The predicted octanol–water partition coefficient (Wildman–Crippen LogP) is 4.06. The van der Waals surface area contributed by atoms with Crippen LogP contribution in [0.1, 0.15) is 56.1 Å². The highest BCUT2D eigenvalue weighted by molar-refractivity contribution is 6.04. The summed E-state index contributed by atoms with van der Waals surface area (Å²) in [6.07, 6.45) is 14.2. The summed E-state index contributed by atoms with van der Waals surface area (Å²) < 4.78 is 5.76. The molecule has 4 bridgehead atoms. The third-order valence-electron chi connectivity index (χ3n) is 11.5. The molecule has 6 atom stereocenters. The Bertz CT molecular complexity index is 1230. The van der Waals surface area contributed by atoms with Gasteiger partial charge < -0.3 is 9.64 Å². The van der Waals surface area contributed by atoms with Gasteiger partial charge in [-0.1, -0.05) is 18.2 Å². The molecular weight excluding hydrogens is 448 g/mol. The number of benzene rings is 1. The van der Waals surface area contributed by atoms with E-state index in [0.717, 1.165) is 24.6 Å². The Morgan fingerprint density at radius 2 is 2.08 bits per heavy atom. The van der Waals surface area contributed by atoms with E-state index in [1.165, 1.54) is 57.2 Å². The highest BCUT2D eigenvalue weighted by atomic mass is 16.5. The molecule has 1 amide bonds. The number of ketones is 1. The normalized spacial score (nSPS) is 40.1. The molecule has 2 saturated heterocycles. The first-order chi connectivity index (χ1) is 17.5. The van der Waals surface area contributed by atoms with E-state index < -0.39 is 0 Å². The van der Waals surface area contributed by atoms with Crippen molar-refractivity contribution in [1.29, 1.82) is 0 Å². The second-order valence-electron chi connectivity index (χ2n) is 12.8. The Balaban J connectivity index is 1.23. The van der Waals surface area contributed by atoms with Crippen LogP contribution in [0.15, 0.2) is 42.0 Å². The van der Waals surface area contributed by atoms with Gasteiger partial charge in [-0.05, 0) is 104 Å². The molecule has 36 heavy (non-hydrogen) atoms. The van der Waals surface area contributed by atoms with Crippen molar-refractivity contribution in [3.63, 3.8) is 0 Å². The van der Waals surface area contributed by atoms with E-state index in [1.807, 2.05) is 6.08 Å². The summed E-state index contributed by atoms with van der Waals surface area (Å²) in [5, 5.41) is 0. The predicted molar refractivity (Wildman–Crippen MR) is 137 cm³/mol. The first kappa shape index (κ1) is 21.7. The van der Waals surface area contributed by atoms with E-state index >= 15 is 0 Å². The van der Waals surface area contributed by atoms with Crippen LogP contribution >= 0.6 is 0 Å². The number of allylic oxidation sites excluding steroid dienone is 3. The topological polar surface area (TPSA) is 49.9 Å². The van der Waals surface area contributed by atoms with E-state index in [1.54, 1.807) is 24.8 Å². The summed E-state index contributed by atoms with van der Waals surface area (Å²) >= 11 is 0. The Hall–Kier alpha value is -2.40. The van der Waals surface area contributed by atoms with Gasteiger partial charge in [-0.15, -0.1) is 0 Å². The fraction of sp³-hybridized carbons (Fsp3) is 0.613. The number of carbonyl (C=O) groups is 2. The molecule has 7 aliphatic rings. The van der Waals surface area contributed by atoms with E-state index in [0.29, 0.717) is 28.9 Å². The molecule has 5 heteroatoms. The third-order valence-corrected chi connectivity index (χ3v) is 11.5. The standard InChI is InChI=1S/C31H36N2O3/c1-36-24-8-7-20-14-27-30-10-9-26-28(31(30,25(20)15-24)11-12-32(27)17-19-5-6-19)22(16-30)18-33(26)29(35)21-3-2-4-23(34)13-21/h2-4,7-8,15,19,22,26-28H,5-6,9-14,16-18H2,1H3/t22-,26?,27?,28?,30?,31?/m1/s1. The summed E-state index contributed by atoms with van der Waals surface area (Å²) in [6, 6.07) is 7.79. The maximum Gasteiger partial charge on any atom is 0.250 e. The number of nitrogens with zero attached hydrogens (tertiary/aromatic N) is 2. The van der Waals surface area contributed by atoms with Crippen LogP contribution in [-0.2, 0) is 21.4 Å². The van der Waals surface area contributed by atoms with Crippen LogP contribution in [0.5, 0.6) is 5.75 Å². The van der Waals surface area contributed by atoms with Crippen molar-refractivity contribution in [1.82, 2.24) is 9.80 Å². The molecule has 8 rings (SSSR count). The Morgan fingerprint density at radius 3 is 2.89 bits per heavy atom. The minimum absolute atomic E-state index is 0.0423. The Morgan fingerprint density at radius 1 is 1.19 bits per heavy atom. The maximum atomic E-state index is 13.8. The van der Waals surface area contributed by atoms with Crippen LogP contribution in [0, 0.1) is 23.2 Å². The third kappa shape index (κ3) is 2.65. The van der Waals surface area contributed by atoms with Crippen molar-refractivity contribution >= 4 is 11.7 Å². The number of likely N-dealkylation sites (tertiary alicyclic amines) is 2. The number of fused-ring (bicyclic) bond motifs is 1. The second-order valence-corrected chi connectivity index (χ2v) is 12.8. The number of amides is 1. The molecule has 0 N–H and O–H groups in total. The smallest absolute Gasteiger partial charge is 0.250 e. The van der Waals surface area contributed by atoms with Gasteiger partial charge >= 0.3 is 0 Å². The zero-order chi connectivity index (χ0) is 24.2. The zero-order valence-electron chi connectivity index (χ0n) is 21.2. The van der Waals surface area contributed by atoms with Gasteiger partial charge in [-0.2, -0.15) is 0 Å². The number of hydrogen-bond donors (Lipinski definition) is 0. The number of ether oxygens (including phenoxy) is 1. The van der Waals surface area contributed by atoms with Crippen molar-refractivity contribution < 1.29 is 14.3 Å². The van der Waals surface area contributed by atoms with E-state index in [4.69, 9.17) is 4.74 Å². The molecular formula is C31H36N2O3. The molecule has 1 aromatic carbocycles. The molecule has 5 unspecified atom stereocenters. The van der Waals surface area contributed by atoms with Crippen LogP contribution in [0.25, 0.3) is 0 Å². The largest absolute Gasteiger partial charge is 0.497 e.